The third kappa shape index (κ3) is 2.71. The van der Waals surface area contributed by atoms with Crippen LogP contribution in [0.2, 0.25) is 0 Å². The van der Waals surface area contributed by atoms with E-state index >= 15 is 0 Å². The smallest absolute Gasteiger partial charge is 0.203 e. The molecule has 0 aliphatic rings. The summed E-state index contributed by atoms with van der Waals surface area (Å²) in [4.78, 5) is 4.28. The predicted octanol–water partition coefficient (Wildman–Crippen LogP) is 0.910. The minimum absolute atomic E-state index is 0.213. The first kappa shape index (κ1) is 11.8. The third-order valence-electron chi connectivity index (χ3n) is 2.60. The molecule has 6 nitrogen and oxygen atoms in total. The maximum absolute atomic E-state index is 5.76. The summed E-state index contributed by atoms with van der Waals surface area (Å²) in [7, 11) is 0. The molecule has 0 saturated carbocycles. The van der Waals surface area contributed by atoms with Gasteiger partial charge < -0.3 is 11.1 Å². The number of nitrogens with two attached hydrogens (primary N) is 1. The van der Waals surface area contributed by atoms with Crippen LogP contribution in [-0.2, 0) is 0 Å². The Labute approximate surface area is 100 Å². The van der Waals surface area contributed by atoms with E-state index in [0.717, 1.165) is 17.9 Å². The lowest BCUT2D eigenvalue weighted by molar-refractivity contribution is 0.521. The molecule has 0 spiro atoms. The summed E-state index contributed by atoms with van der Waals surface area (Å²) in [5.41, 5.74) is 6.49. The highest BCUT2D eigenvalue weighted by Crippen LogP contribution is 2.14. The lowest BCUT2D eigenvalue weighted by atomic mass is 10.0. The number of rotatable bonds is 5. The summed E-state index contributed by atoms with van der Waals surface area (Å²) in [6.07, 6.45) is 6.21. The molecule has 92 valence electrons. The van der Waals surface area contributed by atoms with Gasteiger partial charge in [-0.1, -0.05) is 13.8 Å². The third-order valence-corrected chi connectivity index (χ3v) is 2.60. The normalized spacial score (nSPS) is 13.2. The van der Waals surface area contributed by atoms with Crippen molar-refractivity contribution in [3.05, 3.63) is 18.7 Å². The van der Waals surface area contributed by atoms with Crippen molar-refractivity contribution >= 4 is 11.5 Å². The van der Waals surface area contributed by atoms with Crippen molar-refractivity contribution in [1.29, 1.82) is 0 Å². The molecule has 17 heavy (non-hydrogen) atoms. The van der Waals surface area contributed by atoms with E-state index in [0.29, 0.717) is 12.5 Å². The average molecular weight is 234 g/mol. The highest BCUT2D eigenvalue weighted by Gasteiger charge is 2.12. The number of aromatic nitrogens is 4. The molecule has 0 aliphatic carbocycles. The summed E-state index contributed by atoms with van der Waals surface area (Å²) < 4.78 is 1.83. The van der Waals surface area contributed by atoms with Gasteiger partial charge in [-0.25, -0.2) is 4.98 Å². The zero-order valence-electron chi connectivity index (χ0n) is 10.2. The molecule has 0 amide bonds. The fourth-order valence-electron chi connectivity index (χ4n) is 1.84. The molecule has 0 aromatic carbocycles. The van der Waals surface area contributed by atoms with Crippen molar-refractivity contribution in [3.8, 4) is 0 Å². The van der Waals surface area contributed by atoms with E-state index in [9.17, 15) is 0 Å². The van der Waals surface area contributed by atoms with Gasteiger partial charge in [0.15, 0.2) is 5.82 Å². The van der Waals surface area contributed by atoms with Gasteiger partial charge in [0.25, 0.3) is 0 Å². The maximum Gasteiger partial charge on any atom is 0.203 e. The Bertz CT molecular complexity index is 478. The molecule has 2 aromatic heterocycles. The van der Waals surface area contributed by atoms with Crippen LogP contribution in [0.1, 0.15) is 20.3 Å². The summed E-state index contributed by atoms with van der Waals surface area (Å²) in [5, 5.41) is 11.2. The number of hydrogen-bond donors (Lipinski definition) is 2. The van der Waals surface area contributed by atoms with Crippen molar-refractivity contribution in [2.45, 2.75) is 26.3 Å². The van der Waals surface area contributed by atoms with Crippen molar-refractivity contribution in [3.63, 3.8) is 0 Å². The second-order valence-corrected chi connectivity index (χ2v) is 4.54. The first-order valence-electron chi connectivity index (χ1n) is 5.81. The molecule has 1 unspecified atom stereocenters. The van der Waals surface area contributed by atoms with E-state index in [2.05, 4.69) is 34.3 Å². The topological polar surface area (TPSA) is 81.1 Å². The van der Waals surface area contributed by atoms with Crippen LogP contribution in [0.3, 0.4) is 0 Å². The largest absolute Gasteiger partial charge is 0.363 e. The molecule has 0 bridgehead atoms. The zero-order valence-corrected chi connectivity index (χ0v) is 10.2. The van der Waals surface area contributed by atoms with Crippen LogP contribution in [0, 0.1) is 5.92 Å². The first-order valence-corrected chi connectivity index (χ1v) is 5.81. The van der Waals surface area contributed by atoms with E-state index in [4.69, 9.17) is 5.73 Å². The number of fused-ring (bicyclic) bond motifs is 1. The van der Waals surface area contributed by atoms with Crippen molar-refractivity contribution < 1.29 is 0 Å². The molecule has 6 heteroatoms. The van der Waals surface area contributed by atoms with Crippen LogP contribution in [-0.4, -0.2) is 32.2 Å². The molecule has 1 atom stereocenters. The van der Waals surface area contributed by atoms with Gasteiger partial charge in [-0.2, -0.15) is 0 Å². The predicted molar refractivity (Wildman–Crippen MR) is 66.7 cm³/mol. The molecule has 2 aromatic rings. The van der Waals surface area contributed by atoms with Crippen molar-refractivity contribution in [1.82, 2.24) is 19.6 Å². The van der Waals surface area contributed by atoms with Crippen LogP contribution in [0.4, 0.5) is 5.82 Å². The van der Waals surface area contributed by atoms with Crippen LogP contribution in [0.15, 0.2) is 18.7 Å². The Morgan fingerprint density at radius 1 is 1.47 bits per heavy atom. The Balaban J connectivity index is 2.19. The van der Waals surface area contributed by atoms with Gasteiger partial charge in [0.05, 0.1) is 0 Å². The SMILES string of the molecule is CC(C)CC(CN)Nc1nccn2cnnc12. The summed E-state index contributed by atoms with van der Waals surface area (Å²) in [5.74, 6) is 1.33. The van der Waals surface area contributed by atoms with E-state index in [1.807, 2.05) is 10.6 Å². The fourth-order valence-corrected chi connectivity index (χ4v) is 1.84. The lowest BCUT2D eigenvalue weighted by Gasteiger charge is -2.19. The van der Waals surface area contributed by atoms with Gasteiger partial charge in [0.1, 0.15) is 6.33 Å². The maximum atomic E-state index is 5.76. The summed E-state index contributed by atoms with van der Waals surface area (Å²) >= 11 is 0. The van der Waals surface area contributed by atoms with Gasteiger partial charge >= 0.3 is 0 Å². The number of nitrogens with zero attached hydrogens (tertiary/aromatic N) is 4. The molecule has 2 rings (SSSR count). The molecule has 0 saturated heterocycles. The van der Waals surface area contributed by atoms with Crippen LogP contribution in [0.25, 0.3) is 5.65 Å². The van der Waals surface area contributed by atoms with Crippen LogP contribution >= 0.6 is 0 Å². The standard InChI is InChI=1S/C11H18N6/c1-8(2)5-9(6-12)15-10-11-16-14-7-17(11)4-3-13-10/h3-4,7-9H,5-6,12H2,1-2H3,(H,13,15). The zero-order chi connectivity index (χ0) is 12.3. The monoisotopic (exact) mass is 234 g/mol. The lowest BCUT2D eigenvalue weighted by Crippen LogP contribution is -2.30. The van der Waals surface area contributed by atoms with E-state index in [1.165, 1.54) is 0 Å². The molecule has 2 heterocycles. The van der Waals surface area contributed by atoms with Crippen molar-refractivity contribution in [2.75, 3.05) is 11.9 Å². The molecule has 0 radical (unpaired) electrons. The van der Waals surface area contributed by atoms with E-state index in [1.54, 1.807) is 12.5 Å². The molecule has 0 aliphatic heterocycles. The molecular formula is C11H18N6. The second kappa shape index (κ2) is 5.09. The van der Waals surface area contributed by atoms with Gasteiger partial charge in [-0.3, -0.25) is 4.40 Å². The Morgan fingerprint density at radius 3 is 3.00 bits per heavy atom. The quantitative estimate of drug-likeness (QED) is 0.803. The number of hydrogen-bond acceptors (Lipinski definition) is 5. The highest BCUT2D eigenvalue weighted by atomic mass is 15.2. The second-order valence-electron chi connectivity index (χ2n) is 4.54. The molecule has 0 fully saturated rings. The number of nitrogens with one attached hydrogen (secondary N) is 1. The fraction of sp³-hybridized carbons (Fsp3) is 0.545. The summed E-state index contributed by atoms with van der Waals surface area (Å²) in [6.45, 7) is 4.93. The van der Waals surface area contributed by atoms with Gasteiger partial charge in [0.2, 0.25) is 5.65 Å². The molecular weight excluding hydrogens is 216 g/mol. The van der Waals surface area contributed by atoms with E-state index < -0.39 is 0 Å². The van der Waals surface area contributed by atoms with E-state index in [-0.39, 0.29) is 6.04 Å². The Hall–Kier alpha value is -1.69. The van der Waals surface area contributed by atoms with Gasteiger partial charge in [0, 0.05) is 25.0 Å². The number of anilines is 1. The minimum atomic E-state index is 0.213. The summed E-state index contributed by atoms with van der Waals surface area (Å²) in [6, 6.07) is 0.213. The average Bonchev–Trinajstić information content (AvgIpc) is 2.76. The van der Waals surface area contributed by atoms with Gasteiger partial charge in [-0.05, 0) is 12.3 Å². The van der Waals surface area contributed by atoms with Gasteiger partial charge in [-0.15, -0.1) is 10.2 Å². The Kier molecular flexibility index (Phi) is 3.53. The highest BCUT2D eigenvalue weighted by molar-refractivity contribution is 5.61. The molecule has 3 N–H and O–H groups in total. The first-order chi connectivity index (χ1) is 8.20. The van der Waals surface area contributed by atoms with Crippen molar-refractivity contribution in [2.24, 2.45) is 11.7 Å². The minimum Gasteiger partial charge on any atom is -0.363 e. The Morgan fingerprint density at radius 2 is 2.29 bits per heavy atom. The van der Waals surface area contributed by atoms with Crippen LogP contribution in [0.5, 0.6) is 0 Å². The van der Waals surface area contributed by atoms with Crippen LogP contribution < -0.4 is 11.1 Å².